The zero-order valence-electron chi connectivity index (χ0n) is 10.7. The number of aryl methyl sites for hydroxylation is 3. The first-order valence-corrected chi connectivity index (χ1v) is 5.72. The van der Waals surface area contributed by atoms with Gasteiger partial charge in [-0.05, 0) is 44.9 Å². The zero-order chi connectivity index (χ0) is 12.4. The lowest BCUT2D eigenvalue weighted by Crippen LogP contribution is -2.07. The van der Waals surface area contributed by atoms with Gasteiger partial charge in [0.2, 0.25) is 0 Å². The minimum atomic E-state index is 0.885. The van der Waals surface area contributed by atoms with E-state index in [0.29, 0.717) is 0 Å². The van der Waals surface area contributed by atoms with Crippen LogP contribution in [0.15, 0.2) is 35.5 Å². The van der Waals surface area contributed by atoms with Crippen LogP contribution < -0.4 is 0 Å². The van der Waals surface area contributed by atoms with Crippen molar-refractivity contribution in [3.8, 4) is 0 Å². The zero-order valence-corrected chi connectivity index (χ0v) is 10.7. The van der Waals surface area contributed by atoms with Crippen molar-refractivity contribution in [1.29, 1.82) is 0 Å². The van der Waals surface area contributed by atoms with Crippen LogP contribution in [0.5, 0.6) is 0 Å². The summed E-state index contributed by atoms with van der Waals surface area (Å²) >= 11 is 0. The summed E-state index contributed by atoms with van der Waals surface area (Å²) in [7, 11) is 0. The second kappa shape index (κ2) is 4.53. The normalized spacial score (nSPS) is 11.9. The molecule has 0 spiro atoms. The van der Waals surface area contributed by atoms with Gasteiger partial charge in [-0.15, -0.1) is 0 Å². The van der Waals surface area contributed by atoms with E-state index in [1.807, 2.05) is 26.1 Å². The number of aliphatic imine (C=N–C) groups is 1. The van der Waals surface area contributed by atoms with E-state index in [1.54, 1.807) is 4.68 Å². The highest BCUT2D eigenvalue weighted by atomic mass is 15.3. The molecule has 0 atom stereocenters. The van der Waals surface area contributed by atoms with Crippen LogP contribution in [0.4, 0.5) is 5.69 Å². The van der Waals surface area contributed by atoms with Crippen molar-refractivity contribution in [1.82, 2.24) is 9.78 Å². The highest BCUT2D eigenvalue weighted by molar-refractivity contribution is 5.84. The van der Waals surface area contributed by atoms with E-state index >= 15 is 0 Å². The molecule has 0 saturated carbocycles. The molecule has 0 bridgehead atoms. The smallest absolute Gasteiger partial charge is 0.127 e. The van der Waals surface area contributed by atoms with Gasteiger partial charge in [0.05, 0.1) is 11.4 Å². The molecule has 0 aliphatic carbocycles. The van der Waals surface area contributed by atoms with Gasteiger partial charge < -0.3 is 0 Å². The molecule has 17 heavy (non-hydrogen) atoms. The van der Waals surface area contributed by atoms with Gasteiger partial charge in [0.25, 0.3) is 0 Å². The summed E-state index contributed by atoms with van der Waals surface area (Å²) in [5, 5.41) is 4.35. The van der Waals surface area contributed by atoms with E-state index in [1.165, 1.54) is 11.1 Å². The van der Waals surface area contributed by atoms with Gasteiger partial charge in [-0.25, -0.2) is 9.67 Å². The maximum Gasteiger partial charge on any atom is 0.127 e. The molecule has 1 aromatic carbocycles. The summed E-state index contributed by atoms with van der Waals surface area (Å²) < 4.78 is 1.81. The van der Waals surface area contributed by atoms with Crippen LogP contribution in [0, 0.1) is 20.8 Å². The Balaban J connectivity index is 2.42. The maximum absolute atomic E-state index is 4.66. The van der Waals surface area contributed by atoms with Crippen LogP contribution in [0.2, 0.25) is 0 Å². The largest absolute Gasteiger partial charge is 0.233 e. The van der Waals surface area contributed by atoms with Gasteiger partial charge in [0, 0.05) is 6.20 Å². The van der Waals surface area contributed by atoms with Gasteiger partial charge in [0.15, 0.2) is 0 Å². The number of para-hydroxylation sites is 1. The van der Waals surface area contributed by atoms with E-state index in [4.69, 9.17) is 0 Å². The molecule has 3 nitrogen and oxygen atoms in total. The minimum absolute atomic E-state index is 0.885. The lowest BCUT2D eigenvalue weighted by Gasteiger charge is -2.06. The third-order valence-electron chi connectivity index (χ3n) is 2.77. The molecule has 0 aliphatic rings. The fourth-order valence-corrected chi connectivity index (χ4v) is 1.79. The van der Waals surface area contributed by atoms with Crippen molar-refractivity contribution in [2.24, 2.45) is 4.99 Å². The lowest BCUT2D eigenvalue weighted by atomic mass is 10.1. The summed E-state index contributed by atoms with van der Waals surface area (Å²) in [5.74, 6) is 0.885. The van der Waals surface area contributed by atoms with E-state index in [-0.39, 0.29) is 0 Å². The lowest BCUT2D eigenvalue weighted by molar-refractivity contribution is 0.904. The van der Waals surface area contributed by atoms with Crippen LogP contribution in [-0.4, -0.2) is 15.6 Å². The van der Waals surface area contributed by atoms with Crippen LogP contribution in [0.1, 0.15) is 23.7 Å². The Morgan fingerprint density at radius 2 is 1.76 bits per heavy atom. The summed E-state index contributed by atoms with van der Waals surface area (Å²) in [4.78, 5) is 4.66. The van der Waals surface area contributed by atoms with Gasteiger partial charge in [-0.2, -0.15) is 5.10 Å². The molecule has 0 fully saturated rings. The standard InChI is InChI=1S/C14H17N3/c1-10-6-5-7-11(2)14(10)15-13(4)17-9-8-12(3)16-17/h5-9H,1-4H3. The first-order chi connectivity index (χ1) is 8.08. The predicted octanol–water partition coefficient (Wildman–Crippen LogP) is 3.41. The minimum Gasteiger partial charge on any atom is -0.233 e. The second-order valence-electron chi connectivity index (χ2n) is 4.30. The van der Waals surface area contributed by atoms with Crippen molar-refractivity contribution < 1.29 is 0 Å². The number of aromatic nitrogens is 2. The maximum atomic E-state index is 4.66. The Kier molecular flexibility index (Phi) is 3.09. The van der Waals surface area contributed by atoms with Crippen molar-refractivity contribution in [2.75, 3.05) is 0 Å². The predicted molar refractivity (Wildman–Crippen MR) is 71.0 cm³/mol. The Hall–Kier alpha value is -1.90. The van der Waals surface area contributed by atoms with Crippen molar-refractivity contribution >= 4 is 11.5 Å². The molecular weight excluding hydrogens is 210 g/mol. The molecule has 1 aromatic heterocycles. The highest BCUT2D eigenvalue weighted by Crippen LogP contribution is 2.23. The average molecular weight is 227 g/mol. The first-order valence-electron chi connectivity index (χ1n) is 5.72. The third kappa shape index (κ3) is 2.44. The molecule has 3 heteroatoms. The van der Waals surface area contributed by atoms with Crippen LogP contribution in [0.3, 0.4) is 0 Å². The van der Waals surface area contributed by atoms with E-state index in [0.717, 1.165) is 17.2 Å². The Bertz CT molecular complexity index is 544. The topological polar surface area (TPSA) is 30.2 Å². The molecule has 0 N–H and O–H groups in total. The van der Waals surface area contributed by atoms with Crippen LogP contribution in [-0.2, 0) is 0 Å². The Labute approximate surface area is 102 Å². The quantitative estimate of drug-likeness (QED) is 0.542. The molecule has 1 heterocycles. The van der Waals surface area contributed by atoms with Gasteiger partial charge in [0.1, 0.15) is 5.84 Å². The summed E-state index contributed by atoms with van der Waals surface area (Å²) in [6, 6.07) is 8.18. The van der Waals surface area contributed by atoms with Crippen molar-refractivity contribution in [2.45, 2.75) is 27.7 Å². The van der Waals surface area contributed by atoms with Gasteiger partial charge in [-0.3, -0.25) is 0 Å². The highest BCUT2D eigenvalue weighted by Gasteiger charge is 2.03. The third-order valence-corrected chi connectivity index (χ3v) is 2.77. The molecule has 0 unspecified atom stereocenters. The van der Waals surface area contributed by atoms with Gasteiger partial charge >= 0.3 is 0 Å². The molecule has 2 rings (SSSR count). The summed E-state index contributed by atoms with van der Waals surface area (Å²) in [6.45, 7) is 8.10. The fraction of sp³-hybridized carbons (Fsp3) is 0.286. The van der Waals surface area contributed by atoms with Crippen LogP contribution in [0.25, 0.3) is 0 Å². The molecule has 0 aliphatic heterocycles. The molecule has 0 saturated heterocycles. The number of nitrogens with zero attached hydrogens (tertiary/aromatic N) is 3. The van der Waals surface area contributed by atoms with Crippen molar-refractivity contribution in [3.05, 3.63) is 47.3 Å². The van der Waals surface area contributed by atoms with E-state index in [2.05, 4.69) is 42.1 Å². The van der Waals surface area contributed by atoms with Gasteiger partial charge in [-0.1, -0.05) is 18.2 Å². The van der Waals surface area contributed by atoms with Crippen LogP contribution >= 0.6 is 0 Å². The number of rotatable bonds is 1. The SMILES string of the molecule is CC(=Nc1c(C)cccc1C)n1ccc(C)n1. The summed E-state index contributed by atoms with van der Waals surface area (Å²) in [5.41, 5.74) is 4.42. The number of hydrogen-bond acceptors (Lipinski definition) is 2. The Morgan fingerprint density at radius 3 is 2.29 bits per heavy atom. The molecule has 88 valence electrons. The Morgan fingerprint density at radius 1 is 1.12 bits per heavy atom. The molecule has 0 amide bonds. The van der Waals surface area contributed by atoms with E-state index in [9.17, 15) is 0 Å². The van der Waals surface area contributed by atoms with E-state index < -0.39 is 0 Å². The molecular formula is C14H17N3. The molecule has 2 aromatic rings. The first kappa shape index (κ1) is 11.6. The average Bonchev–Trinajstić information content (AvgIpc) is 2.70. The van der Waals surface area contributed by atoms with Crippen molar-refractivity contribution in [3.63, 3.8) is 0 Å². The monoisotopic (exact) mass is 227 g/mol. The molecule has 0 radical (unpaired) electrons. The number of benzene rings is 1. The summed E-state index contributed by atoms with van der Waals surface area (Å²) in [6.07, 6.45) is 1.93. The number of hydrogen-bond donors (Lipinski definition) is 0. The fourth-order valence-electron chi connectivity index (χ4n) is 1.79. The second-order valence-corrected chi connectivity index (χ2v) is 4.30.